The highest BCUT2D eigenvalue weighted by Gasteiger charge is 2.39. The van der Waals surface area contributed by atoms with E-state index in [0.717, 1.165) is 46.9 Å². The Balaban J connectivity index is 1.75. The van der Waals surface area contributed by atoms with Gasteiger partial charge in [-0.3, -0.25) is 9.89 Å². The average molecular weight is 372 g/mol. The molecular formula is C23H24N4O. The van der Waals surface area contributed by atoms with Crippen molar-refractivity contribution in [3.63, 3.8) is 0 Å². The fourth-order valence-electron chi connectivity index (χ4n) is 4.87. The lowest BCUT2D eigenvalue weighted by atomic mass is 9.76. The van der Waals surface area contributed by atoms with Gasteiger partial charge in [0.1, 0.15) is 0 Å². The number of carbonyl (C=O) groups is 1. The quantitative estimate of drug-likeness (QED) is 0.686. The zero-order valence-electron chi connectivity index (χ0n) is 16.5. The van der Waals surface area contributed by atoms with Gasteiger partial charge in [-0.1, -0.05) is 18.2 Å². The molecule has 5 rings (SSSR count). The van der Waals surface area contributed by atoms with E-state index in [4.69, 9.17) is 0 Å². The summed E-state index contributed by atoms with van der Waals surface area (Å²) in [5, 5.41) is 11.0. The van der Waals surface area contributed by atoms with E-state index in [0.29, 0.717) is 6.42 Å². The summed E-state index contributed by atoms with van der Waals surface area (Å²) in [7, 11) is 0. The van der Waals surface area contributed by atoms with Gasteiger partial charge >= 0.3 is 0 Å². The fourth-order valence-corrected chi connectivity index (χ4v) is 4.87. The molecule has 142 valence electrons. The molecule has 1 aliphatic heterocycles. The third-order valence-corrected chi connectivity index (χ3v) is 6.09. The van der Waals surface area contributed by atoms with Gasteiger partial charge in [0.15, 0.2) is 11.6 Å². The predicted octanol–water partition coefficient (Wildman–Crippen LogP) is 4.69. The molecule has 0 unspecified atom stereocenters. The number of benzene rings is 1. The van der Waals surface area contributed by atoms with E-state index in [1.165, 1.54) is 17.0 Å². The average Bonchev–Trinajstić information content (AvgIpc) is 3.20. The number of Topliss-reactive ketones (excluding diaryl/α,β-unsaturated/α-hetero) is 1. The first-order chi connectivity index (χ1) is 13.6. The van der Waals surface area contributed by atoms with Crippen LogP contribution in [0, 0.1) is 20.8 Å². The van der Waals surface area contributed by atoms with Crippen molar-refractivity contribution in [2.24, 2.45) is 0 Å². The van der Waals surface area contributed by atoms with Crippen LogP contribution in [0.3, 0.4) is 0 Å². The van der Waals surface area contributed by atoms with Crippen molar-refractivity contribution in [3.05, 3.63) is 75.9 Å². The number of ketones is 1. The Labute approximate surface area is 164 Å². The van der Waals surface area contributed by atoms with Crippen molar-refractivity contribution in [2.45, 2.75) is 46.0 Å². The zero-order chi connectivity index (χ0) is 19.4. The van der Waals surface area contributed by atoms with Gasteiger partial charge in [0.25, 0.3) is 0 Å². The smallest absolute Gasteiger partial charge is 0.161 e. The molecule has 28 heavy (non-hydrogen) atoms. The largest absolute Gasteiger partial charge is 0.342 e. The van der Waals surface area contributed by atoms with Crippen LogP contribution in [0.2, 0.25) is 0 Å². The van der Waals surface area contributed by atoms with Gasteiger partial charge in [0, 0.05) is 51.9 Å². The minimum atomic E-state index is -0.0681. The predicted molar refractivity (Wildman–Crippen MR) is 110 cm³/mol. The highest BCUT2D eigenvalue weighted by Crippen LogP contribution is 2.47. The first-order valence-corrected chi connectivity index (χ1v) is 9.88. The maximum Gasteiger partial charge on any atom is 0.161 e. The van der Waals surface area contributed by atoms with Crippen molar-refractivity contribution < 1.29 is 4.79 Å². The normalized spacial score (nSPS) is 18.7. The molecule has 0 radical (unpaired) electrons. The number of hydrogen-bond acceptors (Lipinski definition) is 3. The second-order valence-corrected chi connectivity index (χ2v) is 7.84. The topological polar surface area (TPSA) is 62.7 Å². The number of para-hydroxylation sites is 1. The monoisotopic (exact) mass is 372 g/mol. The first-order valence-electron chi connectivity index (χ1n) is 9.88. The van der Waals surface area contributed by atoms with Crippen molar-refractivity contribution in [2.75, 3.05) is 5.32 Å². The molecule has 5 nitrogen and oxygen atoms in total. The molecule has 0 fully saturated rings. The number of nitrogens with one attached hydrogen (secondary N) is 2. The van der Waals surface area contributed by atoms with Crippen molar-refractivity contribution >= 4 is 11.6 Å². The van der Waals surface area contributed by atoms with Gasteiger partial charge in [-0.05, 0) is 57.4 Å². The van der Waals surface area contributed by atoms with Crippen LogP contribution in [-0.2, 0) is 4.79 Å². The molecule has 2 aromatic heterocycles. The van der Waals surface area contributed by atoms with E-state index in [1.807, 2.05) is 13.0 Å². The number of fused-ring (bicyclic) bond motifs is 1. The first kappa shape index (κ1) is 17.0. The van der Waals surface area contributed by atoms with Crippen LogP contribution in [0.25, 0.3) is 5.69 Å². The fraction of sp³-hybridized carbons (Fsp3) is 0.304. The van der Waals surface area contributed by atoms with Gasteiger partial charge in [-0.2, -0.15) is 5.10 Å². The van der Waals surface area contributed by atoms with E-state index >= 15 is 0 Å². The number of rotatable bonds is 2. The molecule has 3 heterocycles. The number of allylic oxidation sites excluding steroid dienone is 2. The van der Waals surface area contributed by atoms with Gasteiger partial charge in [0.2, 0.25) is 0 Å². The molecule has 0 amide bonds. The van der Waals surface area contributed by atoms with Crippen LogP contribution in [0.15, 0.2) is 47.7 Å². The highest BCUT2D eigenvalue weighted by molar-refractivity contribution is 6.01. The summed E-state index contributed by atoms with van der Waals surface area (Å²) >= 11 is 0. The third-order valence-electron chi connectivity index (χ3n) is 6.09. The summed E-state index contributed by atoms with van der Waals surface area (Å²) in [5.41, 5.74) is 8.77. The van der Waals surface area contributed by atoms with Crippen molar-refractivity contribution in [1.82, 2.24) is 14.8 Å². The summed E-state index contributed by atoms with van der Waals surface area (Å²) in [6.07, 6.45) is 2.43. The number of nitrogens with zero attached hydrogens (tertiary/aromatic N) is 2. The van der Waals surface area contributed by atoms with Crippen LogP contribution in [-0.4, -0.2) is 20.5 Å². The minimum absolute atomic E-state index is 0.0681. The molecular weight excluding hydrogens is 348 g/mol. The lowest BCUT2D eigenvalue weighted by Crippen LogP contribution is -2.27. The Morgan fingerprint density at radius 1 is 1.11 bits per heavy atom. The maximum absolute atomic E-state index is 13.0. The summed E-state index contributed by atoms with van der Waals surface area (Å²) in [6.45, 7) is 6.32. The highest BCUT2D eigenvalue weighted by atomic mass is 16.1. The summed E-state index contributed by atoms with van der Waals surface area (Å²) in [4.78, 5) is 13.0. The molecule has 0 saturated carbocycles. The van der Waals surface area contributed by atoms with Crippen LogP contribution in [0.5, 0.6) is 0 Å². The molecule has 5 heteroatoms. The molecule has 0 bridgehead atoms. The second kappa shape index (κ2) is 6.23. The Kier molecular flexibility index (Phi) is 3.79. The molecule has 0 saturated heterocycles. The van der Waals surface area contributed by atoms with Crippen molar-refractivity contribution in [3.8, 4) is 5.69 Å². The van der Waals surface area contributed by atoms with E-state index in [-0.39, 0.29) is 11.7 Å². The number of anilines is 1. The Morgan fingerprint density at radius 3 is 2.68 bits per heavy atom. The SMILES string of the molecule is Cc1[nH]nc2c1[C@@H](c1cc(C)n(-c3ccccc3)c1C)C1=C(CCCC1=O)N2. The van der Waals surface area contributed by atoms with Crippen LogP contribution in [0.1, 0.15) is 53.4 Å². The third kappa shape index (κ3) is 2.39. The van der Waals surface area contributed by atoms with Crippen LogP contribution >= 0.6 is 0 Å². The summed E-state index contributed by atoms with van der Waals surface area (Å²) in [5.74, 6) is 1.05. The minimum Gasteiger partial charge on any atom is -0.342 e. The maximum atomic E-state index is 13.0. The Hall–Kier alpha value is -3.08. The molecule has 1 aromatic carbocycles. The second-order valence-electron chi connectivity index (χ2n) is 7.84. The number of aromatic amines is 1. The lowest BCUT2D eigenvalue weighted by molar-refractivity contribution is -0.116. The number of hydrogen-bond donors (Lipinski definition) is 2. The summed E-state index contributed by atoms with van der Waals surface area (Å²) < 4.78 is 2.28. The van der Waals surface area contributed by atoms with E-state index < -0.39 is 0 Å². The Bertz CT molecular complexity index is 1120. The molecule has 3 aromatic rings. The van der Waals surface area contributed by atoms with Crippen molar-refractivity contribution in [1.29, 1.82) is 0 Å². The number of aromatic nitrogens is 3. The number of carbonyl (C=O) groups excluding carboxylic acids is 1. The van der Waals surface area contributed by atoms with Gasteiger partial charge in [0.05, 0.1) is 0 Å². The van der Waals surface area contributed by atoms with E-state index in [1.54, 1.807) is 0 Å². The van der Waals surface area contributed by atoms with Crippen LogP contribution in [0.4, 0.5) is 5.82 Å². The molecule has 1 aliphatic carbocycles. The number of H-pyrrole nitrogens is 1. The van der Waals surface area contributed by atoms with E-state index in [2.05, 4.69) is 64.3 Å². The molecule has 0 spiro atoms. The van der Waals surface area contributed by atoms with Gasteiger partial charge in [-0.25, -0.2) is 0 Å². The van der Waals surface area contributed by atoms with E-state index in [9.17, 15) is 4.79 Å². The van der Waals surface area contributed by atoms with Gasteiger partial charge in [-0.15, -0.1) is 0 Å². The molecule has 2 N–H and O–H groups in total. The zero-order valence-corrected chi connectivity index (χ0v) is 16.5. The summed E-state index contributed by atoms with van der Waals surface area (Å²) in [6, 6.07) is 12.6. The Morgan fingerprint density at radius 2 is 1.89 bits per heavy atom. The number of aryl methyl sites for hydroxylation is 2. The standard InChI is InChI=1S/C23H24N4O/c1-13-12-17(15(3)27(13)16-8-5-4-6-9-16)21-20-14(2)25-26-23(20)24-18-10-7-11-19(28)22(18)21/h4-6,8-9,12,21H,7,10-11H2,1-3H3,(H2,24,25,26)/t21-/m1/s1. The van der Waals surface area contributed by atoms with Gasteiger partial charge < -0.3 is 9.88 Å². The molecule has 1 atom stereocenters. The van der Waals surface area contributed by atoms with Crippen LogP contribution < -0.4 is 5.32 Å². The lowest BCUT2D eigenvalue weighted by Gasteiger charge is -2.32. The molecule has 2 aliphatic rings.